The zero-order chi connectivity index (χ0) is 0. The fraction of sp³-hybridized carbons (Fsp3) is 0. The summed E-state index contributed by atoms with van der Waals surface area (Å²) in [7, 11) is 0. The van der Waals surface area contributed by atoms with Crippen molar-refractivity contribution >= 4 is 169 Å². The van der Waals surface area contributed by atoms with Gasteiger partial charge in [0.25, 0.3) is 0 Å². The zero-order valence-electron chi connectivity index (χ0n) is 4.95. The maximum atomic E-state index is 0. The van der Waals surface area contributed by atoms with Crippen LogP contribution >= 0.6 is 27.0 Å². The van der Waals surface area contributed by atoms with Crippen LogP contribution in [0.15, 0.2) is 0 Å². The largest absolute Gasteiger partial charge is 3.00 e. The Bertz CT molecular complexity index is 25.3. The van der Waals surface area contributed by atoms with Gasteiger partial charge in [-0.15, -0.1) is 0 Å². The van der Waals surface area contributed by atoms with Gasteiger partial charge in [-0.3, -0.25) is 0 Å². The summed E-state index contributed by atoms with van der Waals surface area (Å²) in [6.45, 7) is 0. The van der Waals surface area contributed by atoms with E-state index < -0.39 is 0 Å². The third-order valence-electron chi connectivity index (χ3n) is 0. The van der Waals surface area contributed by atoms with Crippen molar-refractivity contribution in [1.82, 2.24) is 0 Å². The molecule has 0 aromatic heterocycles. The van der Waals surface area contributed by atoms with Crippen molar-refractivity contribution in [2.45, 2.75) is 0 Å². The second-order valence-corrected chi connectivity index (χ2v) is 0. The van der Waals surface area contributed by atoms with Gasteiger partial charge in [0.1, 0.15) is 0 Å². The van der Waals surface area contributed by atoms with Crippen molar-refractivity contribution in [2.24, 2.45) is 0 Å². The van der Waals surface area contributed by atoms with E-state index in [0.29, 0.717) is 0 Å². The normalized spacial score (nSPS) is 0. The minimum absolute atomic E-state index is 0. The Balaban J connectivity index is 0. The van der Waals surface area contributed by atoms with Crippen molar-refractivity contribution < 1.29 is 34.1 Å². The summed E-state index contributed by atoms with van der Waals surface area (Å²) in [5, 5.41) is 0. The molecule has 0 spiro atoms. The van der Waals surface area contributed by atoms with E-state index in [1.807, 2.05) is 0 Å². The fourth-order valence-corrected chi connectivity index (χ4v) is 0. The minimum Gasteiger partial charge on any atom is -2.00 e. The van der Waals surface area contributed by atoms with Gasteiger partial charge in [-0.2, -0.15) is 0 Å². The maximum Gasteiger partial charge on any atom is 3.00 e. The monoisotopic (exact) mass is 797 g/mol. The van der Waals surface area contributed by atoms with Crippen LogP contribution in [0.4, 0.5) is 0 Å². The molecule has 0 bridgehead atoms. The molecule has 0 aromatic carbocycles. The fourth-order valence-electron chi connectivity index (χ4n) is 0. The van der Waals surface area contributed by atoms with E-state index in [1.165, 1.54) is 0 Å². The van der Waals surface area contributed by atoms with Gasteiger partial charge in [0.05, 0.1) is 0 Å². The van der Waals surface area contributed by atoms with Crippen LogP contribution in [0, 0.1) is 0 Å². The van der Waals surface area contributed by atoms with Crippen molar-refractivity contribution in [2.75, 3.05) is 0 Å². The molecule has 64 valence electrons. The first-order valence-electron chi connectivity index (χ1n) is 0. The molecule has 0 N–H and O–H groups in total. The van der Waals surface area contributed by atoms with E-state index in [-0.39, 0.29) is 204 Å². The van der Waals surface area contributed by atoms with Crippen molar-refractivity contribution in [3.8, 4) is 0 Å². The van der Waals surface area contributed by atoms with Gasteiger partial charge < -0.3 is 51.2 Å². The van der Waals surface area contributed by atoms with Crippen LogP contribution in [0.2, 0.25) is 0 Å². The van der Waals surface area contributed by atoms with Crippen molar-refractivity contribution in [1.29, 1.82) is 0 Å². The molecule has 0 amide bonds. The maximum absolute atomic E-state index is 0. The molecule has 11 heavy (non-hydrogen) atoms. The SMILES string of the molecule is [Cu].[Cu].[Ga+3].[Ga+3].[In].[In].[S].[S].[Se-2].[Se-2].[Se-2]. The molecule has 0 aliphatic heterocycles. The zero-order valence-corrected chi connectivity index (χ0v) is 25.0. The summed E-state index contributed by atoms with van der Waals surface area (Å²) in [6, 6.07) is 0. The standard InChI is InChI=1S/2Cu.2Ga.2In.2S.3Se/q;;2*+3;;;;;3*-2. The Hall–Kier alpha value is 6.31. The number of hydrogen-bond acceptors (Lipinski definition) is 0. The predicted molar refractivity (Wildman–Crippen MR) is 55.5 cm³/mol. The molecular formula is Cu2Ga2In2S2Se3. The first-order chi connectivity index (χ1) is 0. The predicted octanol–water partition coefficient (Wildman–Crippen LogP) is -1.37. The molecule has 0 nitrogen and oxygen atoms in total. The second kappa shape index (κ2) is 96.0. The third-order valence-corrected chi connectivity index (χ3v) is 0. The van der Waals surface area contributed by atoms with Gasteiger partial charge in [0, 0.05) is 113 Å². The van der Waals surface area contributed by atoms with E-state index in [1.54, 1.807) is 0 Å². The van der Waals surface area contributed by atoms with Gasteiger partial charge in [-0.25, -0.2) is 0 Å². The molecule has 11 heteroatoms. The average Bonchev–Trinajstić information content (AvgIpc) is 0. The second-order valence-electron chi connectivity index (χ2n) is 0. The van der Waals surface area contributed by atoms with Gasteiger partial charge >= 0.3 is 39.6 Å². The molecule has 0 saturated carbocycles. The van der Waals surface area contributed by atoms with Crippen LogP contribution in [0.5, 0.6) is 0 Å². The molecule has 0 rings (SSSR count). The Morgan fingerprint density at radius 3 is 0.455 bits per heavy atom. The van der Waals surface area contributed by atoms with Crippen molar-refractivity contribution in [3.63, 3.8) is 0 Å². The molecule has 0 fully saturated rings. The third kappa shape index (κ3) is 83.9. The summed E-state index contributed by atoms with van der Waals surface area (Å²) >= 11 is 0. The molecule has 0 heterocycles. The van der Waals surface area contributed by atoms with Crippen LogP contribution in [-0.4, -0.2) is 142 Å². The average molecular weight is 797 g/mol. The molecule has 0 aliphatic carbocycles. The van der Waals surface area contributed by atoms with Crippen LogP contribution in [0.25, 0.3) is 0 Å². The summed E-state index contributed by atoms with van der Waals surface area (Å²) in [4.78, 5) is 0. The van der Waals surface area contributed by atoms with Gasteiger partial charge in [-0.1, -0.05) is 0 Å². The Morgan fingerprint density at radius 2 is 0.455 bits per heavy atom. The van der Waals surface area contributed by atoms with E-state index in [4.69, 9.17) is 0 Å². The van der Waals surface area contributed by atoms with E-state index >= 15 is 0 Å². The number of hydrogen-bond donors (Lipinski definition) is 0. The van der Waals surface area contributed by atoms with Crippen LogP contribution in [-0.2, 0) is 34.1 Å². The van der Waals surface area contributed by atoms with Gasteiger partial charge in [-0.05, 0) is 0 Å². The topological polar surface area (TPSA) is 0 Å². The first kappa shape index (κ1) is 116. The summed E-state index contributed by atoms with van der Waals surface area (Å²) < 4.78 is 0. The molecule has 0 aromatic rings. The molecule has 0 saturated heterocycles. The molecule has 0 aliphatic rings. The molecule has 12 radical (unpaired) electrons. The quantitative estimate of drug-likeness (QED) is 0.266. The van der Waals surface area contributed by atoms with Crippen LogP contribution in [0.1, 0.15) is 0 Å². The van der Waals surface area contributed by atoms with E-state index in [2.05, 4.69) is 0 Å². The van der Waals surface area contributed by atoms with Crippen LogP contribution < -0.4 is 0 Å². The van der Waals surface area contributed by atoms with E-state index in [0.717, 1.165) is 0 Å². The minimum atomic E-state index is 0. The summed E-state index contributed by atoms with van der Waals surface area (Å²) in [5.74, 6) is 0. The van der Waals surface area contributed by atoms with Gasteiger partial charge in [0.15, 0.2) is 0 Å². The Labute approximate surface area is 199 Å². The van der Waals surface area contributed by atoms with Crippen molar-refractivity contribution in [3.05, 3.63) is 0 Å². The summed E-state index contributed by atoms with van der Waals surface area (Å²) in [5.41, 5.74) is 0. The first-order valence-corrected chi connectivity index (χ1v) is 0. The molecule has 0 atom stereocenters. The molecular weight excluding hydrogens is 797 g/mol. The molecule has 0 unspecified atom stereocenters. The van der Waals surface area contributed by atoms with Gasteiger partial charge in [0.2, 0.25) is 0 Å². The Morgan fingerprint density at radius 1 is 0.455 bits per heavy atom. The Kier molecular flexibility index (Phi) is 1010. The smallest absolute Gasteiger partial charge is 2.00 e. The number of rotatable bonds is 0. The van der Waals surface area contributed by atoms with E-state index in [9.17, 15) is 0 Å². The summed E-state index contributed by atoms with van der Waals surface area (Å²) in [6.07, 6.45) is 0. The van der Waals surface area contributed by atoms with Crippen LogP contribution in [0.3, 0.4) is 0 Å².